The number of pyridine rings is 1. The molecule has 2 aromatic rings. The first-order chi connectivity index (χ1) is 15.3. The number of hydrogen-bond donors (Lipinski definition) is 1. The van der Waals surface area contributed by atoms with Crippen molar-refractivity contribution in [1.82, 2.24) is 9.88 Å². The quantitative estimate of drug-likeness (QED) is 0.765. The summed E-state index contributed by atoms with van der Waals surface area (Å²) < 4.78 is 38.0. The largest absolute Gasteiger partial charge is 0.416 e. The molecule has 9 heteroatoms. The van der Waals surface area contributed by atoms with Gasteiger partial charge in [-0.15, -0.1) is 0 Å². The van der Waals surface area contributed by atoms with E-state index in [-0.39, 0.29) is 17.4 Å². The maximum atomic E-state index is 12.7. The molecule has 0 unspecified atom stereocenters. The molecule has 0 bridgehead atoms. The number of piperazine rings is 1. The predicted octanol–water partition coefficient (Wildman–Crippen LogP) is 4.19. The summed E-state index contributed by atoms with van der Waals surface area (Å²) in [6.07, 6.45) is 1.36. The predicted molar refractivity (Wildman–Crippen MR) is 114 cm³/mol. The second kappa shape index (κ2) is 9.18. The number of nitrogens with zero attached hydrogens (tertiary/aromatic N) is 3. The first-order valence-electron chi connectivity index (χ1n) is 10.8. The first-order valence-corrected chi connectivity index (χ1v) is 10.8. The highest BCUT2D eigenvalue weighted by Crippen LogP contribution is 2.29. The number of anilines is 2. The van der Waals surface area contributed by atoms with Crippen LogP contribution in [-0.2, 0) is 11.0 Å². The summed E-state index contributed by atoms with van der Waals surface area (Å²) in [6.45, 7) is 2.73. The lowest BCUT2D eigenvalue weighted by Crippen LogP contribution is -2.50. The van der Waals surface area contributed by atoms with Crippen LogP contribution >= 0.6 is 0 Å². The molecule has 2 aliphatic rings. The normalized spacial score (nSPS) is 17.5. The van der Waals surface area contributed by atoms with Crippen molar-refractivity contribution in [3.63, 3.8) is 0 Å². The topological polar surface area (TPSA) is 65.5 Å². The molecule has 2 fully saturated rings. The van der Waals surface area contributed by atoms with E-state index in [1.807, 2.05) is 4.90 Å². The van der Waals surface area contributed by atoms with Crippen molar-refractivity contribution in [3.8, 4) is 0 Å². The van der Waals surface area contributed by atoms with Gasteiger partial charge in [-0.1, -0.05) is 12.8 Å². The van der Waals surface area contributed by atoms with Gasteiger partial charge < -0.3 is 15.1 Å². The Morgan fingerprint density at radius 3 is 2.16 bits per heavy atom. The molecule has 6 nitrogen and oxygen atoms in total. The summed E-state index contributed by atoms with van der Waals surface area (Å²) in [5.41, 5.74) is -0.219. The number of aromatic nitrogens is 1. The molecular formula is C23H25F3N4O2. The number of nitrogens with one attached hydrogen (secondary N) is 1. The standard InChI is InChI=1S/C23H25F3N4O2/c24-23(25,26)18-7-5-16(6-8-18)21(31)28-19-9-10-20(27-15-19)29-11-13-30(14-12-29)22(32)17-3-1-2-4-17/h5-10,15,17H,1-4,11-14H2,(H,28,31). The van der Waals surface area contributed by atoms with E-state index in [2.05, 4.69) is 15.2 Å². The highest BCUT2D eigenvalue weighted by molar-refractivity contribution is 6.04. The molecule has 0 spiro atoms. The Bertz CT molecular complexity index is 947. The fraction of sp³-hybridized carbons (Fsp3) is 0.435. The van der Waals surface area contributed by atoms with Crippen LogP contribution in [0.3, 0.4) is 0 Å². The molecule has 1 aliphatic heterocycles. The molecule has 0 atom stereocenters. The Balaban J connectivity index is 1.30. The van der Waals surface area contributed by atoms with E-state index >= 15 is 0 Å². The van der Waals surface area contributed by atoms with E-state index in [9.17, 15) is 22.8 Å². The average Bonchev–Trinajstić information content (AvgIpc) is 3.34. The van der Waals surface area contributed by atoms with Gasteiger partial charge in [-0.2, -0.15) is 13.2 Å². The molecule has 1 N–H and O–H groups in total. The number of benzene rings is 1. The van der Waals surface area contributed by atoms with E-state index < -0.39 is 17.6 Å². The second-order valence-electron chi connectivity index (χ2n) is 8.23. The number of amides is 2. The van der Waals surface area contributed by atoms with Gasteiger partial charge in [-0.05, 0) is 49.2 Å². The molecule has 2 heterocycles. The molecule has 1 saturated carbocycles. The third-order valence-electron chi connectivity index (χ3n) is 6.10. The van der Waals surface area contributed by atoms with E-state index in [4.69, 9.17) is 0 Å². The number of halogens is 3. The number of carbonyl (C=O) groups is 2. The van der Waals surface area contributed by atoms with E-state index in [0.29, 0.717) is 31.9 Å². The molecule has 4 rings (SSSR count). The number of rotatable bonds is 4. The van der Waals surface area contributed by atoms with E-state index in [0.717, 1.165) is 55.8 Å². The SMILES string of the molecule is O=C(Nc1ccc(N2CCN(C(=O)C3CCCC3)CC2)nc1)c1ccc(C(F)(F)F)cc1. The highest BCUT2D eigenvalue weighted by Gasteiger charge is 2.31. The van der Waals surface area contributed by atoms with Crippen molar-refractivity contribution in [2.24, 2.45) is 5.92 Å². The first kappa shape index (κ1) is 22.1. The Morgan fingerprint density at radius 2 is 1.59 bits per heavy atom. The molecule has 32 heavy (non-hydrogen) atoms. The smallest absolute Gasteiger partial charge is 0.353 e. The van der Waals surface area contributed by atoms with Crippen molar-refractivity contribution in [2.75, 3.05) is 36.4 Å². The number of alkyl halides is 3. The fourth-order valence-electron chi connectivity index (χ4n) is 4.25. The van der Waals surface area contributed by atoms with Gasteiger partial charge >= 0.3 is 6.18 Å². The zero-order chi connectivity index (χ0) is 22.7. The van der Waals surface area contributed by atoms with Crippen LogP contribution in [-0.4, -0.2) is 47.9 Å². The molecule has 1 aromatic carbocycles. The second-order valence-corrected chi connectivity index (χ2v) is 8.23. The van der Waals surface area contributed by atoms with Crippen LogP contribution < -0.4 is 10.2 Å². The van der Waals surface area contributed by atoms with Crippen molar-refractivity contribution >= 4 is 23.3 Å². The van der Waals surface area contributed by atoms with Crippen LogP contribution in [0.25, 0.3) is 0 Å². The summed E-state index contributed by atoms with van der Waals surface area (Å²) in [7, 11) is 0. The molecule has 170 valence electrons. The lowest BCUT2D eigenvalue weighted by molar-refractivity contribution is -0.137. The van der Waals surface area contributed by atoms with Crippen molar-refractivity contribution < 1.29 is 22.8 Å². The fourth-order valence-corrected chi connectivity index (χ4v) is 4.25. The van der Waals surface area contributed by atoms with Crippen LogP contribution in [0.4, 0.5) is 24.7 Å². The Kier molecular flexibility index (Phi) is 6.34. The van der Waals surface area contributed by atoms with Crippen LogP contribution in [0, 0.1) is 5.92 Å². The van der Waals surface area contributed by atoms with E-state index in [1.165, 1.54) is 6.20 Å². The summed E-state index contributed by atoms with van der Waals surface area (Å²) >= 11 is 0. The lowest BCUT2D eigenvalue weighted by atomic mass is 10.1. The van der Waals surface area contributed by atoms with Crippen LogP contribution in [0.2, 0.25) is 0 Å². The van der Waals surface area contributed by atoms with Crippen molar-refractivity contribution in [2.45, 2.75) is 31.9 Å². The minimum atomic E-state index is -4.44. The zero-order valence-electron chi connectivity index (χ0n) is 17.6. The summed E-state index contributed by atoms with van der Waals surface area (Å²) in [4.78, 5) is 33.3. The summed E-state index contributed by atoms with van der Waals surface area (Å²) in [5.74, 6) is 0.710. The van der Waals surface area contributed by atoms with E-state index in [1.54, 1.807) is 12.1 Å². The molecule has 1 aliphatic carbocycles. The Labute approximate surface area is 184 Å². The highest BCUT2D eigenvalue weighted by atomic mass is 19.4. The van der Waals surface area contributed by atoms with Gasteiger partial charge in [0.15, 0.2) is 0 Å². The molecule has 1 saturated heterocycles. The summed E-state index contributed by atoms with van der Waals surface area (Å²) in [5, 5.41) is 2.65. The Morgan fingerprint density at radius 1 is 0.938 bits per heavy atom. The Hall–Kier alpha value is -3.10. The van der Waals surface area contributed by atoms with Crippen molar-refractivity contribution in [1.29, 1.82) is 0 Å². The number of hydrogen-bond acceptors (Lipinski definition) is 4. The maximum Gasteiger partial charge on any atom is 0.416 e. The van der Waals surface area contributed by atoms with Crippen LogP contribution in [0.5, 0.6) is 0 Å². The zero-order valence-corrected chi connectivity index (χ0v) is 17.6. The lowest BCUT2D eigenvalue weighted by Gasteiger charge is -2.36. The van der Waals surface area contributed by atoms with Gasteiger partial charge in [0, 0.05) is 37.7 Å². The molecule has 1 aromatic heterocycles. The molecule has 0 radical (unpaired) electrons. The van der Waals surface area contributed by atoms with Gasteiger partial charge in [0.1, 0.15) is 5.82 Å². The van der Waals surface area contributed by atoms with Gasteiger partial charge in [0.2, 0.25) is 5.91 Å². The van der Waals surface area contributed by atoms with Gasteiger partial charge in [-0.25, -0.2) is 4.98 Å². The summed E-state index contributed by atoms with van der Waals surface area (Å²) in [6, 6.07) is 7.55. The minimum Gasteiger partial charge on any atom is -0.353 e. The van der Waals surface area contributed by atoms with Gasteiger partial charge in [-0.3, -0.25) is 9.59 Å². The minimum absolute atomic E-state index is 0.130. The van der Waals surface area contributed by atoms with Crippen LogP contribution in [0.1, 0.15) is 41.6 Å². The molecule has 2 amide bonds. The van der Waals surface area contributed by atoms with Gasteiger partial charge in [0.05, 0.1) is 17.4 Å². The third kappa shape index (κ3) is 5.03. The average molecular weight is 446 g/mol. The van der Waals surface area contributed by atoms with Crippen molar-refractivity contribution in [3.05, 3.63) is 53.7 Å². The third-order valence-corrected chi connectivity index (χ3v) is 6.10. The molecular weight excluding hydrogens is 421 g/mol. The maximum absolute atomic E-state index is 12.7. The monoisotopic (exact) mass is 446 g/mol. The van der Waals surface area contributed by atoms with Gasteiger partial charge in [0.25, 0.3) is 5.91 Å². The van der Waals surface area contributed by atoms with Crippen LogP contribution in [0.15, 0.2) is 42.6 Å². The number of carbonyl (C=O) groups excluding carboxylic acids is 2.